The minimum Gasteiger partial charge on any atom is -0.479 e. The normalized spacial score (nSPS) is 10.8. The molecule has 0 saturated carbocycles. The molecule has 0 saturated heterocycles. The molecule has 16 heavy (non-hydrogen) atoms. The molecule has 86 valence electrons. The zero-order valence-corrected chi connectivity index (χ0v) is 11.3. The Hall–Kier alpha value is -0.690. The lowest BCUT2D eigenvalue weighted by Crippen LogP contribution is -2.34. The monoisotopic (exact) mass is 320 g/mol. The lowest BCUT2D eigenvalue weighted by atomic mass is 10.0. The van der Waals surface area contributed by atoms with Crippen molar-refractivity contribution in [3.8, 4) is 0 Å². The van der Waals surface area contributed by atoms with Crippen LogP contribution < -0.4 is 0 Å². The molecule has 2 aromatic rings. The van der Waals surface area contributed by atoms with Crippen molar-refractivity contribution in [1.82, 2.24) is 0 Å². The molecule has 0 fully saturated rings. The van der Waals surface area contributed by atoms with Crippen molar-refractivity contribution >= 4 is 45.6 Å². The maximum atomic E-state index is 11.2. The van der Waals surface area contributed by atoms with Gasteiger partial charge in [-0.1, -0.05) is 12.1 Å². The second-order valence-corrected chi connectivity index (χ2v) is 4.87. The van der Waals surface area contributed by atoms with Crippen LogP contribution in [0.4, 0.5) is 0 Å². The summed E-state index contributed by atoms with van der Waals surface area (Å²) >= 11 is 2.46. The van der Waals surface area contributed by atoms with Crippen LogP contribution in [0.3, 0.4) is 0 Å². The number of carboxylic acids is 1. The highest BCUT2D eigenvalue weighted by atomic mass is 79.9. The van der Waals surface area contributed by atoms with Crippen molar-refractivity contribution in [3.63, 3.8) is 0 Å². The third kappa shape index (κ3) is 2.06. The van der Waals surface area contributed by atoms with E-state index in [1.54, 1.807) is 35.0 Å². The summed E-state index contributed by atoms with van der Waals surface area (Å²) in [5, 5.41) is 22.9. The summed E-state index contributed by atoms with van der Waals surface area (Å²) < 4.78 is 0. The Bertz CT molecular complexity index is 416. The fraction of sp³-hybridized carbons (Fsp3) is 0.100. The molecule has 3 nitrogen and oxygen atoms in total. The first-order valence-electron chi connectivity index (χ1n) is 4.19. The van der Waals surface area contributed by atoms with Crippen LogP contribution in [-0.2, 0) is 10.4 Å². The molecule has 0 bridgehead atoms. The molecule has 2 N–H and O–H groups in total. The van der Waals surface area contributed by atoms with Gasteiger partial charge in [0.25, 0.3) is 0 Å². The van der Waals surface area contributed by atoms with E-state index in [4.69, 9.17) is 5.11 Å². The third-order valence-electron chi connectivity index (χ3n) is 2.07. The van der Waals surface area contributed by atoms with Crippen LogP contribution in [0.15, 0.2) is 35.0 Å². The van der Waals surface area contributed by atoms with E-state index in [-0.39, 0.29) is 17.0 Å². The summed E-state index contributed by atoms with van der Waals surface area (Å²) in [6.45, 7) is 0. The molecular weight excluding hydrogens is 312 g/mol. The number of hydrogen-bond acceptors (Lipinski definition) is 4. The Morgan fingerprint density at radius 1 is 1.12 bits per heavy atom. The first-order chi connectivity index (χ1) is 7.15. The van der Waals surface area contributed by atoms with Crippen LogP contribution in [0.25, 0.3) is 0 Å². The van der Waals surface area contributed by atoms with E-state index in [0.29, 0.717) is 9.75 Å². The molecule has 0 aliphatic heterocycles. The zero-order valence-electron chi connectivity index (χ0n) is 7.99. The van der Waals surface area contributed by atoms with Crippen LogP contribution in [0.2, 0.25) is 0 Å². The first-order valence-corrected chi connectivity index (χ1v) is 5.95. The van der Waals surface area contributed by atoms with Gasteiger partial charge in [0.05, 0.1) is 9.75 Å². The molecular formula is C10H9BrO3S2. The predicted molar refractivity (Wildman–Crippen MR) is 69.6 cm³/mol. The molecule has 0 unspecified atom stereocenters. The molecule has 0 aliphatic carbocycles. The fourth-order valence-electron chi connectivity index (χ4n) is 1.30. The van der Waals surface area contributed by atoms with Crippen molar-refractivity contribution in [2.45, 2.75) is 5.60 Å². The van der Waals surface area contributed by atoms with Gasteiger partial charge in [-0.3, -0.25) is 0 Å². The minimum absolute atomic E-state index is 0. The van der Waals surface area contributed by atoms with Crippen LogP contribution in [0, 0.1) is 0 Å². The molecule has 2 rings (SSSR count). The highest BCUT2D eigenvalue weighted by Crippen LogP contribution is 2.35. The van der Waals surface area contributed by atoms with Gasteiger partial charge < -0.3 is 10.2 Å². The quantitative estimate of drug-likeness (QED) is 0.914. The van der Waals surface area contributed by atoms with Crippen molar-refractivity contribution in [1.29, 1.82) is 0 Å². The SMILES string of the molecule is Br.O=C(O)C(O)(c1cccs1)c1cccs1. The Morgan fingerprint density at radius 3 is 1.81 bits per heavy atom. The highest BCUT2D eigenvalue weighted by molar-refractivity contribution is 8.93. The number of rotatable bonds is 3. The molecule has 0 amide bonds. The molecule has 0 aliphatic rings. The van der Waals surface area contributed by atoms with E-state index in [2.05, 4.69) is 0 Å². The van der Waals surface area contributed by atoms with Gasteiger partial charge in [0, 0.05) is 0 Å². The number of hydrogen-bond donors (Lipinski definition) is 2. The second kappa shape index (κ2) is 5.09. The van der Waals surface area contributed by atoms with Crippen molar-refractivity contribution in [2.24, 2.45) is 0 Å². The molecule has 0 radical (unpaired) electrons. The predicted octanol–water partition coefficient (Wildman–Crippen LogP) is 2.71. The van der Waals surface area contributed by atoms with Crippen LogP contribution in [0.5, 0.6) is 0 Å². The second-order valence-electron chi connectivity index (χ2n) is 2.97. The van der Waals surface area contributed by atoms with Crippen LogP contribution in [-0.4, -0.2) is 16.2 Å². The van der Waals surface area contributed by atoms with E-state index >= 15 is 0 Å². The lowest BCUT2D eigenvalue weighted by Gasteiger charge is -2.20. The fourth-order valence-corrected chi connectivity index (χ4v) is 3.02. The van der Waals surface area contributed by atoms with Crippen molar-refractivity contribution in [2.75, 3.05) is 0 Å². The maximum Gasteiger partial charge on any atom is 0.346 e. The molecule has 2 aromatic heterocycles. The van der Waals surface area contributed by atoms with Crippen LogP contribution in [0.1, 0.15) is 9.75 Å². The number of aliphatic hydroxyl groups is 1. The Kier molecular flexibility index (Phi) is 4.26. The molecule has 0 spiro atoms. The van der Waals surface area contributed by atoms with E-state index < -0.39 is 11.6 Å². The number of aliphatic carboxylic acids is 1. The van der Waals surface area contributed by atoms with E-state index in [1.807, 2.05) is 0 Å². The van der Waals surface area contributed by atoms with E-state index in [1.165, 1.54) is 22.7 Å². The Morgan fingerprint density at radius 2 is 1.56 bits per heavy atom. The molecule has 6 heteroatoms. The topological polar surface area (TPSA) is 57.5 Å². The van der Waals surface area contributed by atoms with Gasteiger partial charge in [-0.2, -0.15) is 0 Å². The summed E-state index contributed by atoms with van der Waals surface area (Å²) in [5.41, 5.74) is -1.90. The largest absolute Gasteiger partial charge is 0.479 e. The average Bonchev–Trinajstić information content (AvgIpc) is 2.89. The number of thiophene rings is 2. The van der Waals surface area contributed by atoms with Crippen molar-refractivity contribution < 1.29 is 15.0 Å². The maximum absolute atomic E-state index is 11.2. The van der Waals surface area contributed by atoms with Crippen LogP contribution >= 0.6 is 39.7 Å². The average molecular weight is 321 g/mol. The number of halogens is 1. The number of carbonyl (C=O) groups is 1. The third-order valence-corrected chi connectivity index (χ3v) is 4.02. The lowest BCUT2D eigenvalue weighted by molar-refractivity contribution is -0.154. The standard InChI is InChI=1S/C10H8O3S2.BrH/c11-9(12)10(13,7-3-1-5-14-7)8-4-2-6-15-8;/h1-6,13H,(H,11,12);1H. The summed E-state index contributed by atoms with van der Waals surface area (Å²) in [4.78, 5) is 12.0. The van der Waals surface area contributed by atoms with Gasteiger partial charge >= 0.3 is 5.97 Å². The van der Waals surface area contributed by atoms with Crippen molar-refractivity contribution in [3.05, 3.63) is 44.8 Å². The Labute approximate surface area is 111 Å². The summed E-state index contributed by atoms with van der Waals surface area (Å²) in [5.74, 6) is -1.24. The van der Waals surface area contributed by atoms with E-state index in [0.717, 1.165) is 0 Å². The molecule has 2 heterocycles. The number of carboxylic acid groups (broad SMARTS) is 1. The molecule has 0 aromatic carbocycles. The zero-order chi connectivity index (χ0) is 10.9. The highest BCUT2D eigenvalue weighted by Gasteiger charge is 2.42. The molecule has 0 atom stereocenters. The van der Waals surface area contributed by atoms with Gasteiger partial charge in [-0.25, -0.2) is 4.79 Å². The van der Waals surface area contributed by atoms with Gasteiger partial charge in [-0.05, 0) is 22.9 Å². The van der Waals surface area contributed by atoms with Gasteiger partial charge in [0.1, 0.15) is 0 Å². The van der Waals surface area contributed by atoms with Gasteiger partial charge in [-0.15, -0.1) is 39.7 Å². The summed E-state index contributed by atoms with van der Waals surface area (Å²) in [7, 11) is 0. The smallest absolute Gasteiger partial charge is 0.346 e. The first kappa shape index (κ1) is 13.4. The van der Waals surface area contributed by atoms with Gasteiger partial charge in [0.2, 0.25) is 5.60 Å². The summed E-state index contributed by atoms with van der Waals surface area (Å²) in [6.07, 6.45) is 0. The Balaban J connectivity index is 0.00000128. The summed E-state index contributed by atoms with van der Waals surface area (Å²) in [6, 6.07) is 6.69. The minimum atomic E-state index is -1.90. The van der Waals surface area contributed by atoms with E-state index in [9.17, 15) is 9.90 Å². The van der Waals surface area contributed by atoms with Gasteiger partial charge in [0.15, 0.2) is 0 Å².